The molecular weight excluding hydrogens is 248 g/mol. The number of thioether (sulfide) groups is 1. The molecule has 0 aliphatic rings. The summed E-state index contributed by atoms with van der Waals surface area (Å²) in [7, 11) is 1.77. The lowest BCUT2D eigenvalue weighted by Gasteiger charge is -2.17. The first-order valence-corrected chi connectivity index (χ1v) is 7.23. The summed E-state index contributed by atoms with van der Waals surface area (Å²) in [6, 6.07) is 7.09. The van der Waals surface area contributed by atoms with Gasteiger partial charge in [-0.1, -0.05) is 12.1 Å². The van der Waals surface area contributed by atoms with Crippen molar-refractivity contribution in [2.24, 2.45) is 0 Å². The second kappa shape index (κ2) is 7.28. The van der Waals surface area contributed by atoms with Gasteiger partial charge in [0.05, 0.1) is 6.10 Å². The molecular formula is C13H20N2O2S. The Hall–Kier alpha value is -1.20. The van der Waals surface area contributed by atoms with Gasteiger partial charge in [0.1, 0.15) is 0 Å². The molecule has 4 nitrogen and oxygen atoms in total. The number of aliphatic hydroxyl groups is 1. The highest BCUT2D eigenvalue weighted by molar-refractivity contribution is 7.98. The molecule has 0 bridgehead atoms. The summed E-state index contributed by atoms with van der Waals surface area (Å²) in [6.07, 6.45) is 1.53. The fourth-order valence-electron chi connectivity index (χ4n) is 1.39. The maximum Gasteiger partial charge on any atom is 0.321 e. The van der Waals surface area contributed by atoms with Crippen LogP contribution in [0.3, 0.4) is 0 Å². The van der Waals surface area contributed by atoms with Crippen LogP contribution in [0.25, 0.3) is 0 Å². The van der Waals surface area contributed by atoms with Gasteiger partial charge in [0, 0.05) is 25.0 Å². The number of amides is 2. The number of hydrogen-bond donors (Lipinski definition) is 2. The Bertz CT molecular complexity index is 379. The Morgan fingerprint density at radius 2 is 2.06 bits per heavy atom. The molecule has 0 aromatic heterocycles. The van der Waals surface area contributed by atoms with Crippen LogP contribution < -0.4 is 5.32 Å². The lowest BCUT2D eigenvalue weighted by molar-refractivity contribution is 0.199. The minimum atomic E-state index is -0.487. The number of hydrogen-bond acceptors (Lipinski definition) is 3. The predicted octanol–water partition coefficient (Wildman–Crippen LogP) is 2.57. The number of rotatable bonds is 5. The predicted molar refractivity (Wildman–Crippen MR) is 77.1 cm³/mol. The molecule has 0 radical (unpaired) electrons. The molecule has 0 saturated heterocycles. The van der Waals surface area contributed by atoms with Crippen molar-refractivity contribution in [2.45, 2.75) is 13.0 Å². The number of carbonyl (C=O) groups is 1. The van der Waals surface area contributed by atoms with Crippen molar-refractivity contribution in [2.75, 3.05) is 30.9 Å². The molecule has 1 rings (SSSR count). The van der Waals surface area contributed by atoms with Gasteiger partial charge in [-0.2, -0.15) is 11.8 Å². The van der Waals surface area contributed by atoms with Crippen molar-refractivity contribution in [1.82, 2.24) is 4.90 Å². The molecule has 0 fully saturated rings. The van der Waals surface area contributed by atoms with Gasteiger partial charge in [-0.3, -0.25) is 0 Å². The van der Waals surface area contributed by atoms with Crippen LogP contribution >= 0.6 is 11.8 Å². The molecule has 5 heteroatoms. The number of anilines is 1. The normalized spacial score (nSPS) is 12.0. The van der Waals surface area contributed by atoms with Crippen LogP contribution in [-0.4, -0.2) is 41.6 Å². The van der Waals surface area contributed by atoms with E-state index in [9.17, 15) is 9.90 Å². The fourth-order valence-corrected chi connectivity index (χ4v) is 1.85. The average molecular weight is 268 g/mol. The van der Waals surface area contributed by atoms with Gasteiger partial charge in [0.15, 0.2) is 0 Å². The third-order valence-electron chi connectivity index (χ3n) is 2.62. The smallest absolute Gasteiger partial charge is 0.321 e. The Morgan fingerprint density at radius 1 is 1.44 bits per heavy atom. The van der Waals surface area contributed by atoms with Crippen molar-refractivity contribution in [1.29, 1.82) is 0 Å². The highest BCUT2D eigenvalue weighted by atomic mass is 32.2. The van der Waals surface area contributed by atoms with Gasteiger partial charge in [-0.15, -0.1) is 0 Å². The molecule has 0 aliphatic heterocycles. The third kappa shape index (κ3) is 4.58. The zero-order valence-electron chi connectivity index (χ0n) is 11.0. The van der Waals surface area contributed by atoms with Gasteiger partial charge >= 0.3 is 6.03 Å². The molecule has 1 unspecified atom stereocenters. The van der Waals surface area contributed by atoms with Gasteiger partial charge in [-0.25, -0.2) is 4.79 Å². The monoisotopic (exact) mass is 268 g/mol. The van der Waals surface area contributed by atoms with Crippen molar-refractivity contribution in [3.8, 4) is 0 Å². The standard InChI is InChI=1S/C13H20N2O2S/c1-10(16)11-4-6-12(7-5-11)14-13(17)15(2)8-9-18-3/h4-7,10,16H,8-9H2,1-3H3,(H,14,17). The van der Waals surface area contributed by atoms with Crippen LogP contribution in [0.2, 0.25) is 0 Å². The summed E-state index contributed by atoms with van der Waals surface area (Å²) in [5, 5.41) is 12.2. The zero-order valence-corrected chi connectivity index (χ0v) is 11.8. The first kappa shape index (κ1) is 14.9. The summed E-state index contributed by atoms with van der Waals surface area (Å²) >= 11 is 1.71. The van der Waals surface area contributed by atoms with E-state index >= 15 is 0 Å². The number of benzene rings is 1. The van der Waals surface area contributed by atoms with Gasteiger partial charge in [-0.05, 0) is 30.9 Å². The Morgan fingerprint density at radius 3 is 2.56 bits per heavy atom. The average Bonchev–Trinajstić information content (AvgIpc) is 2.36. The van der Waals surface area contributed by atoms with Crippen molar-refractivity contribution in [3.63, 3.8) is 0 Å². The molecule has 0 heterocycles. The first-order valence-electron chi connectivity index (χ1n) is 5.83. The number of nitrogens with zero attached hydrogens (tertiary/aromatic N) is 1. The zero-order chi connectivity index (χ0) is 13.5. The van der Waals surface area contributed by atoms with E-state index in [2.05, 4.69) is 5.32 Å². The number of nitrogens with one attached hydrogen (secondary N) is 1. The van der Waals surface area contributed by atoms with Crippen LogP contribution in [0, 0.1) is 0 Å². The van der Waals surface area contributed by atoms with E-state index < -0.39 is 6.10 Å². The van der Waals surface area contributed by atoms with Gasteiger partial charge < -0.3 is 15.3 Å². The minimum Gasteiger partial charge on any atom is -0.389 e. The van der Waals surface area contributed by atoms with Crippen molar-refractivity contribution >= 4 is 23.5 Å². The quantitative estimate of drug-likeness (QED) is 0.863. The number of urea groups is 1. The lowest BCUT2D eigenvalue weighted by Crippen LogP contribution is -2.33. The van der Waals surface area contributed by atoms with Gasteiger partial charge in [0.25, 0.3) is 0 Å². The van der Waals surface area contributed by atoms with Crippen LogP contribution in [0.15, 0.2) is 24.3 Å². The van der Waals surface area contributed by atoms with E-state index in [1.807, 2.05) is 18.4 Å². The second-order valence-corrected chi connectivity index (χ2v) is 5.13. The molecule has 100 valence electrons. The van der Waals surface area contributed by atoms with E-state index in [-0.39, 0.29) is 6.03 Å². The van der Waals surface area contributed by atoms with Crippen molar-refractivity contribution in [3.05, 3.63) is 29.8 Å². The maximum atomic E-state index is 11.8. The number of aliphatic hydroxyl groups excluding tert-OH is 1. The summed E-state index contributed by atoms with van der Waals surface area (Å²) in [5.41, 5.74) is 1.57. The number of carbonyl (C=O) groups excluding carboxylic acids is 1. The van der Waals surface area contributed by atoms with Crippen LogP contribution in [0.5, 0.6) is 0 Å². The Balaban J connectivity index is 2.53. The minimum absolute atomic E-state index is 0.117. The molecule has 0 aliphatic carbocycles. The SMILES string of the molecule is CSCCN(C)C(=O)Nc1ccc(C(C)O)cc1. The largest absolute Gasteiger partial charge is 0.389 e. The maximum absolute atomic E-state index is 11.8. The summed E-state index contributed by atoms with van der Waals surface area (Å²) in [5.74, 6) is 0.922. The second-order valence-electron chi connectivity index (χ2n) is 4.14. The lowest BCUT2D eigenvalue weighted by atomic mass is 10.1. The highest BCUT2D eigenvalue weighted by Crippen LogP contribution is 2.15. The highest BCUT2D eigenvalue weighted by Gasteiger charge is 2.08. The molecule has 1 aromatic rings. The van der Waals surface area contributed by atoms with Crippen molar-refractivity contribution < 1.29 is 9.90 Å². The topological polar surface area (TPSA) is 52.6 Å². The molecule has 0 spiro atoms. The van der Waals surface area contributed by atoms with Crippen LogP contribution in [-0.2, 0) is 0 Å². The molecule has 18 heavy (non-hydrogen) atoms. The summed E-state index contributed by atoms with van der Waals surface area (Å²) < 4.78 is 0. The van der Waals surface area contributed by atoms with Crippen LogP contribution in [0.4, 0.5) is 10.5 Å². The Kier molecular flexibility index (Phi) is 6.01. The van der Waals surface area contributed by atoms with Gasteiger partial charge in [0.2, 0.25) is 0 Å². The molecule has 2 N–H and O–H groups in total. The summed E-state index contributed by atoms with van der Waals surface area (Å²) in [4.78, 5) is 13.4. The van der Waals surface area contributed by atoms with Crippen LogP contribution in [0.1, 0.15) is 18.6 Å². The molecule has 1 aromatic carbocycles. The molecule has 0 saturated carbocycles. The van der Waals surface area contributed by atoms with E-state index in [0.717, 1.165) is 23.5 Å². The van der Waals surface area contributed by atoms with E-state index in [1.165, 1.54) is 0 Å². The third-order valence-corrected chi connectivity index (χ3v) is 3.21. The van der Waals surface area contributed by atoms with E-state index in [0.29, 0.717) is 0 Å². The van der Waals surface area contributed by atoms with E-state index in [4.69, 9.17) is 0 Å². The molecule has 1 atom stereocenters. The molecule has 2 amide bonds. The fraction of sp³-hybridized carbons (Fsp3) is 0.462. The van der Waals surface area contributed by atoms with E-state index in [1.54, 1.807) is 42.8 Å². The summed E-state index contributed by atoms with van der Waals surface area (Å²) in [6.45, 7) is 2.43. The first-order chi connectivity index (χ1) is 8.54. The Labute approximate surface area is 112 Å².